The van der Waals surface area contributed by atoms with E-state index >= 15 is 0 Å². The van der Waals surface area contributed by atoms with Gasteiger partial charge in [-0.1, -0.05) is 0 Å². The van der Waals surface area contributed by atoms with Gasteiger partial charge in [0, 0.05) is 31.9 Å². The molecule has 7 nitrogen and oxygen atoms in total. The summed E-state index contributed by atoms with van der Waals surface area (Å²) in [5, 5.41) is 16.9. The van der Waals surface area contributed by atoms with Gasteiger partial charge in [0.15, 0.2) is 5.65 Å². The highest BCUT2D eigenvalue weighted by molar-refractivity contribution is 9.10. The van der Waals surface area contributed by atoms with E-state index in [0.717, 1.165) is 53.3 Å². The Morgan fingerprint density at radius 3 is 2.46 bits per heavy atom. The zero-order valence-electron chi connectivity index (χ0n) is 12.8. The largest absolute Gasteiger partial charge is 0.368 e. The maximum Gasteiger partial charge on any atom is 0.161 e. The summed E-state index contributed by atoms with van der Waals surface area (Å²) in [6, 6.07) is 9.88. The Morgan fingerprint density at radius 1 is 1.04 bits per heavy atom. The number of fused-ring (bicyclic) bond motifs is 1. The first-order valence-electron chi connectivity index (χ1n) is 7.61. The lowest BCUT2D eigenvalue weighted by molar-refractivity contribution is 0.649. The Labute approximate surface area is 147 Å². The predicted molar refractivity (Wildman–Crippen MR) is 95.0 cm³/mol. The quantitative estimate of drug-likeness (QED) is 0.730. The van der Waals surface area contributed by atoms with Crippen molar-refractivity contribution in [3.05, 3.63) is 40.8 Å². The molecule has 24 heavy (non-hydrogen) atoms. The number of piperazine rings is 1. The summed E-state index contributed by atoms with van der Waals surface area (Å²) in [5.41, 5.74) is 2.57. The van der Waals surface area contributed by atoms with E-state index in [-0.39, 0.29) is 0 Å². The molecule has 0 radical (unpaired) electrons. The summed E-state index contributed by atoms with van der Waals surface area (Å²) in [5.74, 6) is 0.903. The maximum atomic E-state index is 8.90. The SMILES string of the molecule is N#Cc1ccc(N2CCN(c3ncnc4[nH]nc(Br)c34)CC2)cc1. The van der Waals surface area contributed by atoms with E-state index in [1.54, 1.807) is 6.33 Å². The van der Waals surface area contributed by atoms with E-state index in [1.165, 1.54) is 0 Å². The molecule has 0 aliphatic carbocycles. The Balaban J connectivity index is 1.53. The van der Waals surface area contributed by atoms with Crippen molar-refractivity contribution in [1.29, 1.82) is 5.26 Å². The molecule has 1 aromatic carbocycles. The normalized spacial score (nSPS) is 14.8. The topological polar surface area (TPSA) is 84.7 Å². The monoisotopic (exact) mass is 383 g/mol. The Hall–Kier alpha value is -2.66. The van der Waals surface area contributed by atoms with E-state index in [2.05, 4.69) is 52.0 Å². The number of rotatable bonds is 2. The summed E-state index contributed by atoms with van der Waals surface area (Å²) in [6.07, 6.45) is 1.56. The van der Waals surface area contributed by atoms with E-state index in [0.29, 0.717) is 5.56 Å². The van der Waals surface area contributed by atoms with Gasteiger partial charge in [-0.2, -0.15) is 10.4 Å². The summed E-state index contributed by atoms with van der Waals surface area (Å²) in [6.45, 7) is 3.52. The third-order valence-corrected chi connectivity index (χ3v) is 4.81. The molecule has 0 bridgehead atoms. The second kappa shape index (κ2) is 6.09. The Bertz CT molecular complexity index is 904. The van der Waals surface area contributed by atoms with Crippen molar-refractivity contribution >= 4 is 38.5 Å². The van der Waals surface area contributed by atoms with Gasteiger partial charge in [-0.05, 0) is 40.2 Å². The lowest BCUT2D eigenvalue weighted by atomic mass is 10.2. The number of aromatic amines is 1. The van der Waals surface area contributed by atoms with Gasteiger partial charge >= 0.3 is 0 Å². The van der Waals surface area contributed by atoms with Gasteiger partial charge in [0.05, 0.1) is 17.0 Å². The molecule has 1 fully saturated rings. The first-order valence-corrected chi connectivity index (χ1v) is 8.40. The third kappa shape index (κ3) is 2.57. The van der Waals surface area contributed by atoms with E-state index in [1.807, 2.05) is 24.3 Å². The van der Waals surface area contributed by atoms with Gasteiger partial charge in [-0.15, -0.1) is 0 Å². The molecule has 8 heteroatoms. The molecule has 3 heterocycles. The smallest absolute Gasteiger partial charge is 0.161 e. The lowest BCUT2D eigenvalue weighted by Crippen LogP contribution is -2.46. The van der Waals surface area contributed by atoms with Crippen molar-refractivity contribution in [2.24, 2.45) is 0 Å². The molecule has 120 valence electrons. The highest BCUT2D eigenvalue weighted by atomic mass is 79.9. The number of benzene rings is 1. The van der Waals surface area contributed by atoms with Crippen LogP contribution in [0.15, 0.2) is 35.2 Å². The minimum Gasteiger partial charge on any atom is -0.368 e. The fourth-order valence-corrected chi connectivity index (χ4v) is 3.43. The number of H-pyrrole nitrogens is 1. The fraction of sp³-hybridized carbons (Fsp3) is 0.250. The number of nitrogens with one attached hydrogen (secondary N) is 1. The van der Waals surface area contributed by atoms with Crippen LogP contribution >= 0.6 is 15.9 Å². The molecular weight excluding hydrogens is 370 g/mol. The molecule has 0 saturated carbocycles. The van der Waals surface area contributed by atoms with Crippen LogP contribution < -0.4 is 9.80 Å². The molecule has 1 N–H and O–H groups in total. The number of aromatic nitrogens is 4. The average Bonchev–Trinajstić information content (AvgIpc) is 3.03. The Kier molecular flexibility index (Phi) is 3.78. The van der Waals surface area contributed by atoms with Crippen molar-refractivity contribution in [3.63, 3.8) is 0 Å². The summed E-state index contributed by atoms with van der Waals surface area (Å²) >= 11 is 3.46. The minimum atomic E-state index is 0.686. The number of halogens is 1. The van der Waals surface area contributed by atoms with Crippen LogP contribution in [0.25, 0.3) is 11.0 Å². The number of anilines is 2. The summed E-state index contributed by atoms with van der Waals surface area (Å²) < 4.78 is 0.739. The van der Waals surface area contributed by atoms with Gasteiger partial charge in [0.2, 0.25) is 0 Å². The average molecular weight is 384 g/mol. The van der Waals surface area contributed by atoms with Gasteiger partial charge in [-0.25, -0.2) is 9.97 Å². The molecule has 2 aromatic heterocycles. The molecule has 1 aliphatic heterocycles. The van der Waals surface area contributed by atoms with Gasteiger partial charge in [0.1, 0.15) is 16.7 Å². The first-order chi connectivity index (χ1) is 11.8. The zero-order valence-corrected chi connectivity index (χ0v) is 14.4. The van der Waals surface area contributed by atoms with Crippen LogP contribution in [-0.4, -0.2) is 46.3 Å². The van der Waals surface area contributed by atoms with Crippen LogP contribution in [0, 0.1) is 11.3 Å². The lowest BCUT2D eigenvalue weighted by Gasteiger charge is -2.36. The van der Waals surface area contributed by atoms with E-state index < -0.39 is 0 Å². The highest BCUT2D eigenvalue weighted by Crippen LogP contribution is 2.29. The van der Waals surface area contributed by atoms with Crippen molar-refractivity contribution in [2.75, 3.05) is 36.0 Å². The van der Waals surface area contributed by atoms with Gasteiger partial charge in [-0.3, -0.25) is 5.10 Å². The minimum absolute atomic E-state index is 0.686. The second-order valence-corrected chi connectivity index (χ2v) is 6.32. The molecule has 1 aliphatic rings. The number of nitriles is 1. The van der Waals surface area contributed by atoms with E-state index in [4.69, 9.17) is 5.26 Å². The summed E-state index contributed by atoms with van der Waals surface area (Å²) in [7, 11) is 0. The predicted octanol–water partition coefficient (Wildman–Crippen LogP) is 2.31. The van der Waals surface area contributed by atoms with Crippen LogP contribution in [0.5, 0.6) is 0 Å². The molecule has 0 unspecified atom stereocenters. The molecule has 0 amide bonds. The molecule has 0 spiro atoms. The third-order valence-electron chi connectivity index (χ3n) is 4.23. The number of hydrogen-bond donors (Lipinski definition) is 1. The molecule has 0 atom stereocenters. The van der Waals surface area contributed by atoms with Gasteiger partial charge < -0.3 is 9.80 Å². The molecule has 1 saturated heterocycles. The maximum absolute atomic E-state index is 8.90. The molecular formula is C16H14BrN7. The zero-order chi connectivity index (χ0) is 16.5. The van der Waals surface area contributed by atoms with Gasteiger partial charge in [0.25, 0.3) is 0 Å². The van der Waals surface area contributed by atoms with Crippen molar-refractivity contribution < 1.29 is 0 Å². The highest BCUT2D eigenvalue weighted by Gasteiger charge is 2.22. The van der Waals surface area contributed by atoms with Crippen molar-refractivity contribution in [1.82, 2.24) is 20.2 Å². The van der Waals surface area contributed by atoms with Crippen LogP contribution in [0.2, 0.25) is 0 Å². The second-order valence-electron chi connectivity index (χ2n) is 5.57. The van der Waals surface area contributed by atoms with Crippen LogP contribution in [0.4, 0.5) is 11.5 Å². The summed E-state index contributed by atoms with van der Waals surface area (Å²) in [4.78, 5) is 13.2. The standard InChI is InChI=1S/C16H14BrN7/c17-14-13-15(22-21-14)19-10-20-16(13)24-7-5-23(6-8-24)12-3-1-11(9-18)2-4-12/h1-4,10H,5-8H2,(H,19,20,21,22). The van der Waals surface area contributed by atoms with Crippen molar-refractivity contribution in [3.8, 4) is 6.07 Å². The van der Waals surface area contributed by atoms with Crippen LogP contribution in [-0.2, 0) is 0 Å². The first kappa shape index (κ1) is 14.9. The molecule has 3 aromatic rings. The molecule has 4 rings (SSSR count). The van der Waals surface area contributed by atoms with Crippen molar-refractivity contribution in [2.45, 2.75) is 0 Å². The number of hydrogen-bond acceptors (Lipinski definition) is 6. The van der Waals surface area contributed by atoms with Crippen LogP contribution in [0.3, 0.4) is 0 Å². The number of nitrogens with zero attached hydrogens (tertiary/aromatic N) is 6. The Morgan fingerprint density at radius 2 is 1.75 bits per heavy atom. The van der Waals surface area contributed by atoms with Crippen LogP contribution in [0.1, 0.15) is 5.56 Å². The van der Waals surface area contributed by atoms with E-state index in [9.17, 15) is 0 Å². The fourth-order valence-electron chi connectivity index (χ4n) is 2.97.